The summed E-state index contributed by atoms with van der Waals surface area (Å²) in [6, 6.07) is 8.42. The zero-order chi connectivity index (χ0) is 12.1. The minimum atomic E-state index is -0.508. The molecule has 3 heteroatoms. The molecule has 0 bridgehead atoms. The third-order valence-corrected chi connectivity index (χ3v) is 3.98. The topological polar surface area (TPSA) is 24.8 Å². The number of likely N-dealkylation sites (N-methyl/N-ethyl adjacent to an activating group) is 1. The van der Waals surface area contributed by atoms with E-state index in [-0.39, 0.29) is 5.41 Å². The molecule has 0 saturated heterocycles. The first-order valence-electron chi connectivity index (χ1n) is 5.80. The third kappa shape index (κ3) is 1.09. The summed E-state index contributed by atoms with van der Waals surface area (Å²) < 4.78 is 5.93. The maximum Gasteiger partial charge on any atom is 0.227 e. The van der Waals surface area contributed by atoms with Gasteiger partial charge in [0.05, 0.1) is 17.8 Å². The lowest BCUT2D eigenvalue weighted by Gasteiger charge is -2.42. The molecule has 0 aliphatic carbocycles. The van der Waals surface area contributed by atoms with Crippen molar-refractivity contribution < 1.29 is 4.74 Å². The number of ether oxygens (including phenoxy) is 1. The maximum absolute atomic E-state index is 5.93. The van der Waals surface area contributed by atoms with Crippen LogP contribution >= 0.6 is 0 Å². The van der Waals surface area contributed by atoms with Gasteiger partial charge in [-0.3, -0.25) is 4.99 Å². The summed E-state index contributed by atoms with van der Waals surface area (Å²) in [7, 11) is 2.05. The van der Waals surface area contributed by atoms with E-state index in [0.717, 1.165) is 0 Å². The van der Waals surface area contributed by atoms with Crippen molar-refractivity contribution in [2.45, 2.75) is 25.0 Å². The molecule has 2 aliphatic rings. The molecule has 1 unspecified atom stereocenters. The highest BCUT2D eigenvalue weighted by Gasteiger charge is 2.57. The lowest BCUT2D eigenvalue weighted by atomic mass is 9.78. The van der Waals surface area contributed by atoms with E-state index < -0.39 is 5.72 Å². The third-order valence-electron chi connectivity index (χ3n) is 3.98. The first-order chi connectivity index (χ1) is 8.09. The van der Waals surface area contributed by atoms with Crippen molar-refractivity contribution in [2.75, 3.05) is 11.9 Å². The van der Waals surface area contributed by atoms with Gasteiger partial charge in [0.15, 0.2) is 0 Å². The number of nitrogens with zero attached hydrogens (tertiary/aromatic N) is 2. The van der Waals surface area contributed by atoms with Crippen LogP contribution in [0.15, 0.2) is 41.7 Å². The molecule has 1 spiro atoms. The smallest absolute Gasteiger partial charge is 0.227 e. The lowest BCUT2D eigenvalue weighted by Crippen LogP contribution is -2.57. The van der Waals surface area contributed by atoms with Crippen LogP contribution in [-0.4, -0.2) is 19.0 Å². The van der Waals surface area contributed by atoms with E-state index in [1.807, 2.05) is 6.21 Å². The first-order valence-corrected chi connectivity index (χ1v) is 5.80. The first kappa shape index (κ1) is 10.4. The fraction of sp³-hybridized carbons (Fsp3) is 0.357. The largest absolute Gasteiger partial charge is 0.468 e. The predicted octanol–water partition coefficient (Wildman–Crippen LogP) is 2.68. The Labute approximate surface area is 101 Å². The highest BCUT2D eigenvalue weighted by molar-refractivity contribution is 5.84. The zero-order valence-electron chi connectivity index (χ0n) is 10.3. The van der Waals surface area contributed by atoms with Gasteiger partial charge in [-0.15, -0.1) is 0 Å². The highest BCUT2D eigenvalue weighted by Crippen LogP contribution is 2.51. The Kier molecular flexibility index (Phi) is 1.91. The second-order valence-electron chi connectivity index (χ2n) is 5.08. The predicted molar refractivity (Wildman–Crippen MR) is 69.3 cm³/mol. The average molecular weight is 228 g/mol. The van der Waals surface area contributed by atoms with Crippen LogP contribution in [0.5, 0.6) is 0 Å². The second kappa shape index (κ2) is 3.13. The van der Waals surface area contributed by atoms with Crippen LogP contribution in [0.2, 0.25) is 0 Å². The van der Waals surface area contributed by atoms with Crippen LogP contribution in [0.4, 0.5) is 5.69 Å². The quantitative estimate of drug-likeness (QED) is 0.682. The van der Waals surface area contributed by atoms with Crippen molar-refractivity contribution in [2.24, 2.45) is 4.99 Å². The van der Waals surface area contributed by atoms with Gasteiger partial charge in [0.25, 0.3) is 0 Å². The molecule has 3 rings (SSSR count). The van der Waals surface area contributed by atoms with Crippen molar-refractivity contribution in [3.8, 4) is 0 Å². The second-order valence-corrected chi connectivity index (χ2v) is 5.08. The number of anilines is 1. The summed E-state index contributed by atoms with van der Waals surface area (Å²) in [5.74, 6) is 0. The van der Waals surface area contributed by atoms with Crippen molar-refractivity contribution in [3.05, 3.63) is 42.3 Å². The van der Waals surface area contributed by atoms with Gasteiger partial charge in [-0.25, -0.2) is 0 Å². The molecule has 1 atom stereocenters. The molecule has 2 aliphatic heterocycles. The fourth-order valence-corrected chi connectivity index (χ4v) is 2.90. The number of para-hydroxylation sites is 1. The Bertz CT molecular complexity index is 519. The molecule has 0 saturated carbocycles. The Balaban J connectivity index is 2.23. The van der Waals surface area contributed by atoms with Crippen molar-refractivity contribution in [3.63, 3.8) is 0 Å². The Morgan fingerprint density at radius 2 is 2.00 bits per heavy atom. The molecule has 17 heavy (non-hydrogen) atoms. The molecule has 0 fully saturated rings. The zero-order valence-corrected chi connectivity index (χ0v) is 10.3. The van der Waals surface area contributed by atoms with Crippen molar-refractivity contribution in [1.29, 1.82) is 0 Å². The minimum absolute atomic E-state index is 0.132. The van der Waals surface area contributed by atoms with Crippen LogP contribution in [0.25, 0.3) is 0 Å². The van der Waals surface area contributed by atoms with Crippen molar-refractivity contribution in [1.82, 2.24) is 0 Å². The number of rotatable bonds is 0. The Hall–Kier alpha value is -1.77. The molecule has 1 aromatic rings. The molecular formula is C14H16N2O. The van der Waals surface area contributed by atoms with Gasteiger partial charge in [0.1, 0.15) is 6.26 Å². The van der Waals surface area contributed by atoms with E-state index >= 15 is 0 Å². The van der Waals surface area contributed by atoms with Gasteiger partial charge in [-0.05, 0) is 25.5 Å². The average Bonchev–Trinajstić information content (AvgIpc) is 2.52. The maximum atomic E-state index is 5.93. The monoisotopic (exact) mass is 228 g/mol. The fourth-order valence-electron chi connectivity index (χ4n) is 2.90. The molecule has 1 aromatic carbocycles. The van der Waals surface area contributed by atoms with Gasteiger partial charge >= 0.3 is 0 Å². The van der Waals surface area contributed by atoms with E-state index in [9.17, 15) is 0 Å². The minimum Gasteiger partial charge on any atom is -0.468 e. The number of hydrogen-bond donors (Lipinski definition) is 0. The van der Waals surface area contributed by atoms with Crippen molar-refractivity contribution >= 4 is 11.9 Å². The van der Waals surface area contributed by atoms with Crippen LogP contribution in [0, 0.1) is 0 Å². The summed E-state index contributed by atoms with van der Waals surface area (Å²) in [5.41, 5.74) is 1.86. The van der Waals surface area contributed by atoms with Crippen LogP contribution in [0.3, 0.4) is 0 Å². The van der Waals surface area contributed by atoms with E-state index in [1.54, 1.807) is 12.5 Å². The standard InChI is InChI=1S/C14H16N2O/c1-13(2)11-6-4-5-7-12(11)16(3)14(13)10-15-8-9-17-14/h4-10H,1-3H3. The van der Waals surface area contributed by atoms with E-state index in [4.69, 9.17) is 4.74 Å². The summed E-state index contributed by atoms with van der Waals surface area (Å²) in [5, 5.41) is 0. The summed E-state index contributed by atoms with van der Waals surface area (Å²) >= 11 is 0. The summed E-state index contributed by atoms with van der Waals surface area (Å²) in [6.45, 7) is 4.39. The molecule has 0 aromatic heterocycles. The summed E-state index contributed by atoms with van der Waals surface area (Å²) in [4.78, 5) is 6.43. The Morgan fingerprint density at radius 1 is 1.24 bits per heavy atom. The number of fused-ring (bicyclic) bond motifs is 1. The molecule has 0 N–H and O–H groups in total. The molecule has 0 amide bonds. The van der Waals surface area contributed by atoms with Gasteiger partial charge < -0.3 is 9.64 Å². The van der Waals surface area contributed by atoms with Crippen LogP contribution in [-0.2, 0) is 10.2 Å². The van der Waals surface area contributed by atoms with Gasteiger partial charge in [0, 0.05) is 12.7 Å². The summed E-state index contributed by atoms with van der Waals surface area (Å²) in [6.07, 6.45) is 5.25. The molecular weight excluding hydrogens is 212 g/mol. The number of benzene rings is 1. The lowest BCUT2D eigenvalue weighted by molar-refractivity contribution is 0.0367. The van der Waals surface area contributed by atoms with Gasteiger partial charge in [-0.2, -0.15) is 0 Å². The molecule has 2 heterocycles. The molecule has 88 valence electrons. The van der Waals surface area contributed by atoms with E-state index in [2.05, 4.69) is 55.1 Å². The van der Waals surface area contributed by atoms with Crippen LogP contribution < -0.4 is 4.90 Å². The van der Waals surface area contributed by atoms with Crippen LogP contribution in [0.1, 0.15) is 19.4 Å². The number of aliphatic imine (C=N–C) groups is 1. The highest BCUT2D eigenvalue weighted by atomic mass is 16.5. The Morgan fingerprint density at radius 3 is 2.65 bits per heavy atom. The van der Waals surface area contributed by atoms with E-state index in [1.165, 1.54) is 11.3 Å². The molecule has 0 radical (unpaired) electrons. The van der Waals surface area contributed by atoms with E-state index in [0.29, 0.717) is 0 Å². The number of hydrogen-bond acceptors (Lipinski definition) is 3. The molecule has 3 nitrogen and oxygen atoms in total. The normalized spacial score (nSPS) is 28.3. The van der Waals surface area contributed by atoms with Gasteiger partial charge in [0.2, 0.25) is 5.72 Å². The SMILES string of the molecule is CN1c2ccccc2C(C)(C)C12C=NC=CO2. The van der Waals surface area contributed by atoms with Gasteiger partial charge in [-0.1, -0.05) is 18.2 Å².